The number of anilines is 1. The summed E-state index contributed by atoms with van der Waals surface area (Å²) in [5.41, 5.74) is 0. The molecule has 7 nitrogen and oxygen atoms in total. The van der Waals surface area contributed by atoms with Crippen LogP contribution in [0.15, 0.2) is 5.16 Å². The van der Waals surface area contributed by atoms with Crippen LogP contribution in [0.4, 0.5) is 5.95 Å². The van der Waals surface area contributed by atoms with E-state index >= 15 is 0 Å². The van der Waals surface area contributed by atoms with Gasteiger partial charge in [0, 0.05) is 25.2 Å². The van der Waals surface area contributed by atoms with Crippen LogP contribution in [0.3, 0.4) is 0 Å². The first-order valence-electron chi connectivity index (χ1n) is 8.88. The summed E-state index contributed by atoms with van der Waals surface area (Å²) in [7, 11) is 0. The van der Waals surface area contributed by atoms with Crippen LogP contribution < -0.4 is 10.2 Å². The number of amides is 1. The van der Waals surface area contributed by atoms with Crippen molar-refractivity contribution in [2.45, 2.75) is 56.8 Å². The summed E-state index contributed by atoms with van der Waals surface area (Å²) >= 11 is 1.49. The molecule has 2 aliphatic rings. The number of hydrogen-bond acceptors (Lipinski definition) is 6. The SMILES string of the molecule is CCC[C@H](C)NC(=O)CSc1nnc(N2CCOCC2)n1C1CC1. The molecule has 1 N–H and O–H groups in total. The molecule has 2 fully saturated rings. The van der Waals surface area contributed by atoms with E-state index in [9.17, 15) is 4.79 Å². The first-order valence-corrected chi connectivity index (χ1v) is 9.87. The van der Waals surface area contributed by atoms with E-state index in [4.69, 9.17) is 4.74 Å². The number of aromatic nitrogens is 3. The number of morpholine rings is 1. The minimum atomic E-state index is 0.0687. The first kappa shape index (κ1) is 17.5. The Labute approximate surface area is 147 Å². The molecule has 0 unspecified atom stereocenters. The van der Waals surface area contributed by atoms with E-state index < -0.39 is 0 Å². The molecule has 1 aliphatic heterocycles. The molecule has 0 aromatic carbocycles. The van der Waals surface area contributed by atoms with Crippen molar-refractivity contribution in [3.63, 3.8) is 0 Å². The van der Waals surface area contributed by atoms with Gasteiger partial charge in [0.25, 0.3) is 0 Å². The van der Waals surface area contributed by atoms with Gasteiger partial charge in [-0.2, -0.15) is 0 Å². The zero-order valence-electron chi connectivity index (χ0n) is 14.5. The number of thioether (sulfide) groups is 1. The van der Waals surface area contributed by atoms with Gasteiger partial charge in [-0.05, 0) is 26.2 Å². The third kappa shape index (κ3) is 4.42. The average molecular weight is 353 g/mol. The van der Waals surface area contributed by atoms with Crippen LogP contribution in [-0.4, -0.2) is 58.8 Å². The molecule has 8 heteroatoms. The predicted octanol–water partition coefficient (Wildman–Crippen LogP) is 1.85. The zero-order chi connectivity index (χ0) is 16.9. The van der Waals surface area contributed by atoms with Gasteiger partial charge in [-0.1, -0.05) is 25.1 Å². The maximum atomic E-state index is 12.1. The Bertz CT molecular complexity index is 555. The lowest BCUT2D eigenvalue weighted by atomic mass is 10.2. The van der Waals surface area contributed by atoms with Gasteiger partial charge >= 0.3 is 0 Å². The van der Waals surface area contributed by atoms with Gasteiger partial charge in [-0.25, -0.2) is 0 Å². The van der Waals surface area contributed by atoms with E-state index in [0.29, 0.717) is 11.8 Å². The lowest BCUT2D eigenvalue weighted by Crippen LogP contribution is -2.38. The van der Waals surface area contributed by atoms with E-state index in [0.717, 1.165) is 50.2 Å². The summed E-state index contributed by atoms with van der Waals surface area (Å²) in [5.74, 6) is 1.39. The van der Waals surface area contributed by atoms with Crippen molar-refractivity contribution in [3.05, 3.63) is 0 Å². The number of carbonyl (C=O) groups excluding carboxylic acids is 1. The van der Waals surface area contributed by atoms with Crippen molar-refractivity contribution in [3.8, 4) is 0 Å². The molecule has 0 spiro atoms. The molecule has 3 rings (SSSR count). The van der Waals surface area contributed by atoms with E-state index in [2.05, 4.69) is 38.8 Å². The van der Waals surface area contributed by atoms with Crippen LogP contribution in [0.1, 0.15) is 45.6 Å². The van der Waals surface area contributed by atoms with Crippen molar-refractivity contribution in [1.29, 1.82) is 0 Å². The number of nitrogens with one attached hydrogen (secondary N) is 1. The summed E-state index contributed by atoms with van der Waals surface area (Å²) in [5, 5.41) is 12.7. The number of carbonyl (C=O) groups is 1. The van der Waals surface area contributed by atoms with E-state index in [-0.39, 0.29) is 11.9 Å². The highest BCUT2D eigenvalue weighted by Crippen LogP contribution is 2.41. The van der Waals surface area contributed by atoms with Crippen LogP contribution in [0.2, 0.25) is 0 Å². The molecule has 1 amide bonds. The van der Waals surface area contributed by atoms with Gasteiger partial charge in [-0.15, -0.1) is 10.2 Å². The summed E-state index contributed by atoms with van der Waals surface area (Å²) in [6.07, 6.45) is 4.43. The molecule has 1 aromatic rings. The molecule has 24 heavy (non-hydrogen) atoms. The highest BCUT2D eigenvalue weighted by Gasteiger charge is 2.32. The van der Waals surface area contributed by atoms with E-state index in [1.54, 1.807) is 0 Å². The van der Waals surface area contributed by atoms with Crippen molar-refractivity contribution in [2.75, 3.05) is 37.0 Å². The molecule has 0 bridgehead atoms. The van der Waals surface area contributed by atoms with Crippen LogP contribution in [-0.2, 0) is 9.53 Å². The topological polar surface area (TPSA) is 72.3 Å². The van der Waals surface area contributed by atoms with E-state index in [1.165, 1.54) is 24.6 Å². The van der Waals surface area contributed by atoms with Gasteiger partial charge in [0.1, 0.15) is 0 Å². The Hall–Kier alpha value is -1.28. The molecule has 1 atom stereocenters. The molecular weight excluding hydrogens is 326 g/mol. The predicted molar refractivity (Wildman–Crippen MR) is 94.6 cm³/mol. The average Bonchev–Trinajstić information content (AvgIpc) is 3.33. The van der Waals surface area contributed by atoms with Gasteiger partial charge in [0.2, 0.25) is 11.9 Å². The molecule has 134 valence electrons. The second-order valence-corrected chi connectivity index (χ2v) is 7.47. The van der Waals surface area contributed by atoms with Gasteiger partial charge in [0.15, 0.2) is 5.16 Å². The molecule has 1 aromatic heterocycles. The Morgan fingerprint density at radius 1 is 1.38 bits per heavy atom. The third-order valence-corrected chi connectivity index (χ3v) is 5.26. The Balaban J connectivity index is 1.61. The smallest absolute Gasteiger partial charge is 0.230 e. The largest absolute Gasteiger partial charge is 0.378 e. The molecule has 1 saturated heterocycles. The minimum Gasteiger partial charge on any atom is -0.378 e. The third-order valence-electron chi connectivity index (χ3n) is 4.31. The normalized spacial score (nSPS) is 19.3. The van der Waals surface area contributed by atoms with Gasteiger partial charge in [-0.3, -0.25) is 9.36 Å². The minimum absolute atomic E-state index is 0.0687. The second-order valence-electron chi connectivity index (χ2n) is 6.53. The second kappa shape index (κ2) is 8.20. The van der Waals surface area contributed by atoms with Crippen molar-refractivity contribution in [1.82, 2.24) is 20.1 Å². The van der Waals surface area contributed by atoms with Crippen molar-refractivity contribution >= 4 is 23.6 Å². The van der Waals surface area contributed by atoms with E-state index in [1.807, 2.05) is 0 Å². The maximum Gasteiger partial charge on any atom is 0.230 e. The molecule has 1 saturated carbocycles. The number of nitrogens with zero attached hydrogens (tertiary/aromatic N) is 4. The lowest BCUT2D eigenvalue weighted by molar-refractivity contribution is -0.119. The monoisotopic (exact) mass is 353 g/mol. The standard InChI is InChI=1S/C16H27N5O2S/c1-3-4-12(2)17-14(22)11-24-16-19-18-15(21(16)13-5-6-13)20-7-9-23-10-8-20/h12-13H,3-11H2,1-2H3,(H,17,22)/t12-/m0/s1. The number of ether oxygens (including phenoxy) is 1. The van der Waals surface area contributed by atoms with Crippen LogP contribution in [0, 0.1) is 0 Å². The summed E-state index contributed by atoms with van der Waals surface area (Å²) < 4.78 is 7.64. The number of hydrogen-bond donors (Lipinski definition) is 1. The molecule has 2 heterocycles. The molecule has 0 radical (unpaired) electrons. The van der Waals surface area contributed by atoms with Crippen LogP contribution in [0.25, 0.3) is 0 Å². The Morgan fingerprint density at radius 3 is 2.79 bits per heavy atom. The quantitative estimate of drug-likeness (QED) is 0.719. The Morgan fingerprint density at radius 2 is 2.12 bits per heavy atom. The maximum absolute atomic E-state index is 12.1. The van der Waals surface area contributed by atoms with Crippen molar-refractivity contribution < 1.29 is 9.53 Å². The highest BCUT2D eigenvalue weighted by molar-refractivity contribution is 7.99. The Kier molecular flexibility index (Phi) is 5.99. The summed E-state index contributed by atoms with van der Waals surface area (Å²) in [6, 6.07) is 0.718. The van der Waals surface area contributed by atoms with Gasteiger partial charge < -0.3 is 15.0 Å². The number of rotatable bonds is 8. The van der Waals surface area contributed by atoms with Gasteiger partial charge in [0.05, 0.1) is 19.0 Å². The first-order chi connectivity index (χ1) is 11.7. The zero-order valence-corrected chi connectivity index (χ0v) is 15.3. The fraction of sp³-hybridized carbons (Fsp3) is 0.812. The fourth-order valence-electron chi connectivity index (χ4n) is 2.95. The fourth-order valence-corrected chi connectivity index (χ4v) is 3.76. The highest BCUT2D eigenvalue weighted by atomic mass is 32.2. The van der Waals surface area contributed by atoms with Crippen LogP contribution in [0.5, 0.6) is 0 Å². The molecule has 1 aliphatic carbocycles. The van der Waals surface area contributed by atoms with Crippen molar-refractivity contribution in [2.24, 2.45) is 0 Å². The van der Waals surface area contributed by atoms with Crippen LogP contribution >= 0.6 is 11.8 Å². The lowest BCUT2D eigenvalue weighted by Gasteiger charge is -2.27. The summed E-state index contributed by atoms with van der Waals surface area (Å²) in [4.78, 5) is 14.3. The summed E-state index contributed by atoms with van der Waals surface area (Å²) in [6.45, 7) is 7.35. The molecular formula is C16H27N5O2S.